The Balaban J connectivity index is 2.46. The summed E-state index contributed by atoms with van der Waals surface area (Å²) in [5.41, 5.74) is 11.6. The standard InChI is InChI=1S/C9H17N3O2/c1-12-5-7(11)8-4-3-6(10)9(13-2)14-8/h6-9H,3-5,10-11H2,2H3/t6?,7?,8?,9-/m0/s1. The van der Waals surface area contributed by atoms with Crippen molar-refractivity contribution < 1.29 is 9.47 Å². The van der Waals surface area contributed by atoms with E-state index in [4.69, 9.17) is 27.5 Å². The van der Waals surface area contributed by atoms with Gasteiger partial charge in [-0.3, -0.25) is 0 Å². The summed E-state index contributed by atoms with van der Waals surface area (Å²) in [5.74, 6) is 0. The zero-order valence-corrected chi connectivity index (χ0v) is 8.35. The molecule has 1 aliphatic heterocycles. The molecule has 0 aromatic heterocycles. The molecule has 4 atom stereocenters. The van der Waals surface area contributed by atoms with Crippen LogP contribution in [0.5, 0.6) is 0 Å². The Labute approximate surface area is 84.2 Å². The SMILES string of the molecule is [C-]#[N+]CC(N)C1CCC(N)[C@@H](OC)O1. The molecule has 0 aromatic rings. The minimum atomic E-state index is -0.384. The maximum atomic E-state index is 6.72. The van der Waals surface area contributed by atoms with Crippen molar-refractivity contribution in [1.82, 2.24) is 0 Å². The summed E-state index contributed by atoms with van der Waals surface area (Å²) < 4.78 is 10.6. The van der Waals surface area contributed by atoms with E-state index in [2.05, 4.69) is 4.85 Å². The number of hydrogen-bond donors (Lipinski definition) is 2. The summed E-state index contributed by atoms with van der Waals surface area (Å²) in [6.45, 7) is 7.01. The van der Waals surface area contributed by atoms with Crippen LogP contribution < -0.4 is 11.5 Å². The lowest BCUT2D eigenvalue weighted by molar-refractivity contribution is -0.192. The Morgan fingerprint density at radius 1 is 1.64 bits per heavy atom. The van der Waals surface area contributed by atoms with Gasteiger partial charge < -0.3 is 25.8 Å². The highest BCUT2D eigenvalue weighted by Gasteiger charge is 2.32. The summed E-state index contributed by atoms with van der Waals surface area (Å²) in [6, 6.07) is -0.325. The molecule has 0 radical (unpaired) electrons. The molecule has 4 N–H and O–H groups in total. The number of methoxy groups -OCH3 is 1. The maximum absolute atomic E-state index is 6.72. The van der Waals surface area contributed by atoms with Crippen molar-refractivity contribution in [3.8, 4) is 0 Å². The molecule has 14 heavy (non-hydrogen) atoms. The fourth-order valence-corrected chi connectivity index (χ4v) is 1.60. The molecular formula is C9H17N3O2. The second-order valence-electron chi connectivity index (χ2n) is 3.52. The van der Waals surface area contributed by atoms with Gasteiger partial charge in [0.15, 0.2) is 6.29 Å². The second kappa shape index (κ2) is 5.27. The predicted molar refractivity (Wildman–Crippen MR) is 52.3 cm³/mol. The van der Waals surface area contributed by atoms with Crippen LogP contribution in [0.1, 0.15) is 12.8 Å². The van der Waals surface area contributed by atoms with Crippen LogP contribution in [0.3, 0.4) is 0 Å². The first-order valence-corrected chi connectivity index (χ1v) is 4.71. The van der Waals surface area contributed by atoms with Gasteiger partial charge in [-0.2, -0.15) is 0 Å². The monoisotopic (exact) mass is 199 g/mol. The smallest absolute Gasteiger partial charge is 0.232 e. The first-order valence-electron chi connectivity index (χ1n) is 4.71. The maximum Gasteiger partial charge on any atom is 0.232 e. The Morgan fingerprint density at radius 2 is 2.36 bits per heavy atom. The average Bonchev–Trinajstić information content (AvgIpc) is 2.19. The van der Waals surface area contributed by atoms with Crippen LogP contribution in [0, 0.1) is 6.57 Å². The topological polar surface area (TPSA) is 74.9 Å². The van der Waals surface area contributed by atoms with Crippen LogP contribution in [-0.4, -0.2) is 38.1 Å². The summed E-state index contributed by atoms with van der Waals surface area (Å²) >= 11 is 0. The lowest BCUT2D eigenvalue weighted by Crippen LogP contribution is -2.51. The lowest BCUT2D eigenvalue weighted by atomic mass is 9.99. The molecule has 0 saturated carbocycles. The van der Waals surface area contributed by atoms with Crippen LogP contribution in [0.15, 0.2) is 0 Å². The van der Waals surface area contributed by atoms with E-state index in [0.717, 1.165) is 12.8 Å². The molecule has 0 bridgehead atoms. The van der Waals surface area contributed by atoms with E-state index >= 15 is 0 Å². The minimum absolute atomic E-state index is 0.0867. The molecule has 5 heteroatoms. The Hall–Kier alpha value is -0.670. The quantitative estimate of drug-likeness (QED) is 0.613. The molecule has 0 aromatic carbocycles. The lowest BCUT2D eigenvalue weighted by Gasteiger charge is -2.34. The van der Waals surface area contributed by atoms with E-state index in [1.54, 1.807) is 7.11 Å². The molecule has 0 aliphatic carbocycles. The molecule has 0 amide bonds. The van der Waals surface area contributed by atoms with Crippen molar-refractivity contribution in [3.05, 3.63) is 11.4 Å². The zero-order chi connectivity index (χ0) is 10.6. The third-order valence-electron chi connectivity index (χ3n) is 2.45. The summed E-state index contributed by atoms with van der Waals surface area (Å²) in [6.07, 6.45) is 1.14. The van der Waals surface area contributed by atoms with E-state index in [9.17, 15) is 0 Å². The molecule has 1 aliphatic rings. The highest BCUT2D eigenvalue weighted by molar-refractivity contribution is 4.86. The fourth-order valence-electron chi connectivity index (χ4n) is 1.60. The molecule has 1 heterocycles. The van der Waals surface area contributed by atoms with E-state index in [1.807, 2.05) is 0 Å². The third kappa shape index (κ3) is 2.66. The molecule has 3 unspecified atom stereocenters. The van der Waals surface area contributed by atoms with Crippen LogP contribution in [0.2, 0.25) is 0 Å². The Kier molecular flexibility index (Phi) is 4.29. The van der Waals surface area contributed by atoms with Crippen LogP contribution in [0.25, 0.3) is 4.85 Å². The number of nitrogens with two attached hydrogens (primary N) is 2. The Morgan fingerprint density at radius 3 is 2.93 bits per heavy atom. The van der Waals surface area contributed by atoms with Gasteiger partial charge >= 0.3 is 0 Å². The first-order chi connectivity index (χ1) is 6.69. The fraction of sp³-hybridized carbons (Fsp3) is 0.889. The van der Waals surface area contributed by atoms with Gasteiger partial charge in [0.25, 0.3) is 0 Å². The van der Waals surface area contributed by atoms with Crippen LogP contribution >= 0.6 is 0 Å². The number of nitrogens with zero attached hydrogens (tertiary/aromatic N) is 1. The number of hydrogen-bond acceptors (Lipinski definition) is 4. The van der Waals surface area contributed by atoms with Crippen molar-refractivity contribution in [2.24, 2.45) is 11.5 Å². The normalized spacial score (nSPS) is 34.9. The van der Waals surface area contributed by atoms with Gasteiger partial charge in [0.1, 0.15) is 6.04 Å². The first kappa shape index (κ1) is 11.4. The molecule has 1 rings (SSSR count). The van der Waals surface area contributed by atoms with Gasteiger partial charge in [0.05, 0.1) is 12.1 Å². The van der Waals surface area contributed by atoms with Gasteiger partial charge in [-0.15, -0.1) is 0 Å². The largest absolute Gasteiger partial charge is 0.354 e. The summed E-state index contributed by atoms with van der Waals surface area (Å²) in [5, 5.41) is 0. The van der Waals surface area contributed by atoms with Gasteiger partial charge in [-0.25, -0.2) is 6.57 Å². The van der Waals surface area contributed by atoms with Gasteiger partial charge in [-0.1, -0.05) is 0 Å². The highest BCUT2D eigenvalue weighted by atomic mass is 16.7. The summed E-state index contributed by atoms with van der Waals surface area (Å²) in [4.78, 5) is 3.25. The number of ether oxygens (including phenoxy) is 2. The highest BCUT2D eigenvalue weighted by Crippen LogP contribution is 2.20. The second-order valence-corrected chi connectivity index (χ2v) is 3.52. The molecule has 0 spiro atoms. The Bertz CT molecular complexity index is 217. The predicted octanol–water partition coefficient (Wildman–Crippen LogP) is -0.288. The van der Waals surface area contributed by atoms with Crippen LogP contribution in [0.4, 0.5) is 0 Å². The third-order valence-corrected chi connectivity index (χ3v) is 2.45. The van der Waals surface area contributed by atoms with E-state index in [-0.39, 0.29) is 31.0 Å². The molecular weight excluding hydrogens is 182 g/mol. The van der Waals surface area contributed by atoms with Crippen molar-refractivity contribution >= 4 is 0 Å². The summed E-state index contributed by atoms with van der Waals surface area (Å²) in [7, 11) is 1.56. The van der Waals surface area contributed by atoms with Crippen molar-refractivity contribution in [2.45, 2.75) is 37.3 Å². The average molecular weight is 199 g/mol. The minimum Gasteiger partial charge on any atom is -0.354 e. The van der Waals surface area contributed by atoms with E-state index in [0.29, 0.717) is 0 Å². The van der Waals surface area contributed by atoms with Crippen molar-refractivity contribution in [2.75, 3.05) is 13.7 Å². The number of rotatable bonds is 3. The van der Waals surface area contributed by atoms with Crippen molar-refractivity contribution in [1.29, 1.82) is 0 Å². The molecule has 5 nitrogen and oxygen atoms in total. The molecule has 1 fully saturated rings. The van der Waals surface area contributed by atoms with Gasteiger partial charge in [-0.05, 0) is 12.8 Å². The van der Waals surface area contributed by atoms with E-state index in [1.165, 1.54) is 0 Å². The van der Waals surface area contributed by atoms with E-state index < -0.39 is 0 Å². The van der Waals surface area contributed by atoms with Crippen molar-refractivity contribution in [3.63, 3.8) is 0 Å². The zero-order valence-electron chi connectivity index (χ0n) is 8.35. The van der Waals surface area contributed by atoms with Gasteiger partial charge in [0, 0.05) is 7.11 Å². The molecule has 1 saturated heterocycles. The van der Waals surface area contributed by atoms with Gasteiger partial charge in [0.2, 0.25) is 6.54 Å². The van der Waals surface area contributed by atoms with Crippen LogP contribution in [-0.2, 0) is 9.47 Å². The molecule has 80 valence electrons.